The largest absolute Gasteiger partial charge is 0.465 e. The van der Waals surface area contributed by atoms with Gasteiger partial charge in [0.1, 0.15) is 0 Å². The van der Waals surface area contributed by atoms with Crippen LogP contribution in [0.5, 0.6) is 0 Å². The molecule has 1 N–H and O–H groups in total. The van der Waals surface area contributed by atoms with Crippen LogP contribution in [0.2, 0.25) is 15.1 Å². The molecule has 0 aliphatic carbocycles. The number of methoxy groups -OCH3 is 1. The van der Waals surface area contributed by atoms with E-state index in [4.69, 9.17) is 34.8 Å². The third-order valence-electron chi connectivity index (χ3n) is 3.04. The fourth-order valence-corrected chi connectivity index (χ4v) is 4.06. The topological polar surface area (TPSA) is 72.5 Å². The lowest BCUT2D eigenvalue weighted by molar-refractivity contribution is 0.0601. The van der Waals surface area contributed by atoms with Crippen molar-refractivity contribution in [3.63, 3.8) is 0 Å². The highest BCUT2D eigenvalue weighted by Gasteiger charge is 2.18. The van der Waals surface area contributed by atoms with Crippen molar-refractivity contribution in [1.29, 1.82) is 0 Å². The van der Waals surface area contributed by atoms with Gasteiger partial charge in [0.25, 0.3) is 0 Å². The van der Waals surface area contributed by atoms with Gasteiger partial charge in [-0.15, -0.1) is 0 Å². The van der Waals surface area contributed by atoms with Crippen LogP contribution in [0.1, 0.15) is 15.9 Å². The summed E-state index contributed by atoms with van der Waals surface area (Å²) in [6.07, 6.45) is 0. The van der Waals surface area contributed by atoms with Gasteiger partial charge < -0.3 is 4.74 Å². The minimum Gasteiger partial charge on any atom is -0.465 e. The second-order valence-corrected chi connectivity index (χ2v) is 7.69. The third-order valence-corrected chi connectivity index (χ3v) is 5.29. The number of ether oxygens (including phenoxy) is 1. The molecular formula is C15H12Cl3NO4S. The van der Waals surface area contributed by atoms with Gasteiger partial charge in [-0.1, -0.05) is 40.9 Å². The molecule has 0 radical (unpaired) electrons. The van der Waals surface area contributed by atoms with E-state index < -0.39 is 21.7 Å². The number of esters is 1. The molecule has 0 heterocycles. The number of sulfonamides is 1. The predicted octanol–water partition coefficient (Wildman–Crippen LogP) is 4.38. The van der Waals surface area contributed by atoms with Crippen LogP contribution in [0.25, 0.3) is 0 Å². The summed E-state index contributed by atoms with van der Waals surface area (Å²) in [4.78, 5) is 11.6. The molecule has 2 aromatic carbocycles. The quantitative estimate of drug-likeness (QED) is 0.745. The average molecular weight is 409 g/mol. The van der Waals surface area contributed by atoms with Gasteiger partial charge in [0.05, 0.1) is 23.4 Å². The molecule has 128 valence electrons. The number of nitrogens with one attached hydrogen (secondary N) is 1. The molecule has 0 bridgehead atoms. The molecule has 5 nitrogen and oxygen atoms in total. The summed E-state index contributed by atoms with van der Waals surface area (Å²) in [6, 6.07) is 8.84. The molecule has 0 unspecified atom stereocenters. The lowest BCUT2D eigenvalue weighted by Gasteiger charge is -2.11. The highest BCUT2D eigenvalue weighted by molar-refractivity contribution is 7.91. The molecule has 2 aromatic rings. The van der Waals surface area contributed by atoms with E-state index in [-0.39, 0.29) is 31.9 Å². The van der Waals surface area contributed by atoms with Crippen LogP contribution < -0.4 is 4.72 Å². The lowest BCUT2D eigenvalue weighted by atomic mass is 10.2. The fraction of sp³-hybridized carbons (Fsp3) is 0.133. The SMILES string of the molecule is COC(=O)c1cc(NS(=O)(=O)Cc2c(Cl)cccc2Cl)ccc1Cl. The van der Waals surface area contributed by atoms with E-state index in [1.165, 1.54) is 25.3 Å². The second-order valence-electron chi connectivity index (χ2n) is 4.75. The number of anilines is 1. The highest BCUT2D eigenvalue weighted by Crippen LogP contribution is 2.27. The Morgan fingerprint density at radius 2 is 1.71 bits per heavy atom. The Morgan fingerprint density at radius 1 is 1.08 bits per heavy atom. The Kier molecular flexibility index (Phi) is 5.98. The van der Waals surface area contributed by atoms with E-state index in [0.29, 0.717) is 0 Å². The summed E-state index contributed by atoms with van der Waals surface area (Å²) in [5.74, 6) is -1.09. The molecule has 0 fully saturated rings. The minimum atomic E-state index is -3.81. The van der Waals surface area contributed by atoms with Gasteiger partial charge in [-0.2, -0.15) is 0 Å². The van der Waals surface area contributed by atoms with E-state index in [1.807, 2.05) is 0 Å². The zero-order valence-electron chi connectivity index (χ0n) is 12.3. The minimum absolute atomic E-state index is 0.0511. The first-order valence-corrected chi connectivity index (χ1v) is 9.33. The lowest BCUT2D eigenvalue weighted by Crippen LogP contribution is -2.16. The average Bonchev–Trinajstić information content (AvgIpc) is 2.52. The number of hydrogen-bond acceptors (Lipinski definition) is 4. The third kappa shape index (κ3) is 4.54. The van der Waals surface area contributed by atoms with Gasteiger partial charge >= 0.3 is 5.97 Å². The van der Waals surface area contributed by atoms with Gasteiger partial charge in [0.15, 0.2) is 0 Å². The molecule has 0 aliphatic heterocycles. The summed E-state index contributed by atoms with van der Waals surface area (Å²) >= 11 is 17.9. The van der Waals surface area contributed by atoms with Gasteiger partial charge in [-0.3, -0.25) is 4.72 Å². The monoisotopic (exact) mass is 407 g/mol. The second kappa shape index (κ2) is 7.61. The maximum Gasteiger partial charge on any atom is 0.339 e. The van der Waals surface area contributed by atoms with Crippen LogP contribution >= 0.6 is 34.8 Å². The number of hydrogen-bond donors (Lipinski definition) is 1. The highest BCUT2D eigenvalue weighted by atomic mass is 35.5. The van der Waals surface area contributed by atoms with Crippen molar-refractivity contribution in [2.75, 3.05) is 11.8 Å². The van der Waals surface area contributed by atoms with Crippen LogP contribution in [-0.4, -0.2) is 21.5 Å². The number of benzene rings is 2. The van der Waals surface area contributed by atoms with Crippen molar-refractivity contribution in [2.45, 2.75) is 5.75 Å². The van der Waals surface area contributed by atoms with E-state index in [9.17, 15) is 13.2 Å². The fourth-order valence-electron chi connectivity index (χ4n) is 1.93. The summed E-state index contributed by atoms with van der Waals surface area (Å²) in [5, 5.41) is 0.650. The summed E-state index contributed by atoms with van der Waals surface area (Å²) in [6.45, 7) is 0. The Labute approximate surface area is 154 Å². The molecule has 0 amide bonds. The van der Waals surface area contributed by atoms with Crippen molar-refractivity contribution >= 4 is 56.5 Å². The first-order chi connectivity index (χ1) is 11.2. The molecule has 0 aromatic heterocycles. The molecule has 24 heavy (non-hydrogen) atoms. The Bertz CT molecular complexity index is 864. The zero-order chi connectivity index (χ0) is 17.9. The Balaban J connectivity index is 2.28. The van der Waals surface area contributed by atoms with Gasteiger partial charge in [-0.05, 0) is 30.3 Å². The van der Waals surface area contributed by atoms with Crippen LogP contribution in [0, 0.1) is 0 Å². The van der Waals surface area contributed by atoms with Crippen LogP contribution in [0.4, 0.5) is 5.69 Å². The maximum absolute atomic E-state index is 12.3. The number of rotatable bonds is 5. The smallest absolute Gasteiger partial charge is 0.339 e. The molecule has 0 atom stereocenters. The first-order valence-electron chi connectivity index (χ1n) is 6.55. The van der Waals surface area contributed by atoms with E-state index in [0.717, 1.165) is 0 Å². The standard InChI is InChI=1S/C15H12Cl3NO4S/c1-23-15(20)10-7-9(5-6-14(10)18)19-24(21,22)8-11-12(16)3-2-4-13(11)17/h2-7,19H,8H2,1H3. The molecule has 0 aliphatic rings. The van der Waals surface area contributed by atoms with Crippen molar-refractivity contribution in [2.24, 2.45) is 0 Å². The number of carbonyl (C=O) groups is 1. The van der Waals surface area contributed by atoms with E-state index >= 15 is 0 Å². The van der Waals surface area contributed by atoms with Crippen molar-refractivity contribution in [3.05, 3.63) is 62.6 Å². The Hall–Kier alpha value is -1.47. The van der Waals surface area contributed by atoms with E-state index in [2.05, 4.69) is 9.46 Å². The number of halogens is 3. The van der Waals surface area contributed by atoms with Crippen LogP contribution in [0.15, 0.2) is 36.4 Å². The molecule has 2 rings (SSSR count). The summed E-state index contributed by atoms with van der Waals surface area (Å²) in [5.41, 5.74) is 0.508. The van der Waals surface area contributed by atoms with Gasteiger partial charge in [0.2, 0.25) is 10.0 Å². The summed E-state index contributed by atoms with van der Waals surface area (Å²) in [7, 11) is -2.61. The van der Waals surface area contributed by atoms with Gasteiger partial charge in [-0.25, -0.2) is 13.2 Å². The molecule has 0 spiro atoms. The van der Waals surface area contributed by atoms with Crippen molar-refractivity contribution in [1.82, 2.24) is 0 Å². The van der Waals surface area contributed by atoms with E-state index in [1.54, 1.807) is 18.2 Å². The molecule has 0 saturated carbocycles. The number of carbonyl (C=O) groups excluding carboxylic acids is 1. The zero-order valence-corrected chi connectivity index (χ0v) is 15.4. The maximum atomic E-state index is 12.3. The first kappa shape index (κ1) is 18.9. The predicted molar refractivity (Wildman–Crippen MR) is 95.5 cm³/mol. The van der Waals surface area contributed by atoms with Crippen molar-refractivity contribution < 1.29 is 17.9 Å². The molecule has 0 saturated heterocycles. The summed E-state index contributed by atoms with van der Waals surface area (Å²) < 4.78 is 31.6. The Morgan fingerprint density at radius 3 is 2.29 bits per heavy atom. The van der Waals surface area contributed by atoms with Gasteiger partial charge in [0, 0.05) is 21.3 Å². The van der Waals surface area contributed by atoms with Crippen molar-refractivity contribution in [3.8, 4) is 0 Å². The normalized spacial score (nSPS) is 11.2. The van der Waals surface area contributed by atoms with Crippen LogP contribution in [0.3, 0.4) is 0 Å². The molecular weight excluding hydrogens is 397 g/mol. The molecule has 9 heteroatoms. The van der Waals surface area contributed by atoms with Crippen LogP contribution in [-0.2, 0) is 20.5 Å².